The summed E-state index contributed by atoms with van der Waals surface area (Å²) in [4.78, 5) is 0. The molecule has 2 saturated heterocycles. The van der Waals surface area contributed by atoms with E-state index in [0.717, 1.165) is 32.4 Å². The van der Waals surface area contributed by atoms with Crippen LogP contribution < -0.4 is 5.32 Å². The van der Waals surface area contributed by atoms with Crippen LogP contribution in [0.3, 0.4) is 0 Å². The van der Waals surface area contributed by atoms with Crippen LogP contribution >= 0.6 is 0 Å². The highest BCUT2D eigenvalue weighted by atomic mass is 32.2. The van der Waals surface area contributed by atoms with Crippen molar-refractivity contribution in [3.05, 3.63) is 0 Å². The topological polar surface area (TPSA) is 52.7 Å². The fraction of sp³-hybridized carbons (Fsp3) is 1.00. The van der Waals surface area contributed by atoms with Crippen molar-refractivity contribution in [1.82, 2.24) is 13.9 Å². The molecule has 0 radical (unpaired) electrons. The summed E-state index contributed by atoms with van der Waals surface area (Å²) in [6.07, 6.45) is 2.81. The van der Waals surface area contributed by atoms with Crippen molar-refractivity contribution in [2.75, 3.05) is 39.3 Å². The van der Waals surface area contributed by atoms with Gasteiger partial charge in [0.2, 0.25) is 0 Å². The summed E-state index contributed by atoms with van der Waals surface area (Å²) in [7, 11) is -3.23. The van der Waals surface area contributed by atoms with E-state index >= 15 is 0 Å². The second-order valence-corrected chi connectivity index (χ2v) is 8.00. The standard InChI is InChI=1S/C12H25N3O2S/c1-12(2)4-9-15(10-5-12)18(16,17)14-8-3-6-13-7-11-14/h13H,3-11H2,1-2H3. The van der Waals surface area contributed by atoms with Crippen molar-refractivity contribution in [2.45, 2.75) is 33.1 Å². The van der Waals surface area contributed by atoms with Crippen molar-refractivity contribution in [1.29, 1.82) is 0 Å². The molecule has 2 aliphatic heterocycles. The minimum Gasteiger partial charge on any atom is -0.315 e. The summed E-state index contributed by atoms with van der Waals surface area (Å²) < 4.78 is 28.4. The average Bonchev–Trinajstić information content (AvgIpc) is 2.57. The van der Waals surface area contributed by atoms with Gasteiger partial charge in [-0.1, -0.05) is 13.8 Å². The molecule has 18 heavy (non-hydrogen) atoms. The van der Waals surface area contributed by atoms with E-state index < -0.39 is 10.2 Å². The molecule has 5 nitrogen and oxygen atoms in total. The zero-order valence-electron chi connectivity index (χ0n) is 11.5. The predicted molar refractivity (Wildman–Crippen MR) is 72.6 cm³/mol. The van der Waals surface area contributed by atoms with E-state index in [-0.39, 0.29) is 5.41 Å². The van der Waals surface area contributed by atoms with E-state index in [9.17, 15) is 8.42 Å². The quantitative estimate of drug-likeness (QED) is 0.805. The van der Waals surface area contributed by atoms with Gasteiger partial charge in [-0.05, 0) is 31.2 Å². The van der Waals surface area contributed by atoms with Gasteiger partial charge in [-0.15, -0.1) is 0 Å². The summed E-state index contributed by atoms with van der Waals surface area (Å²) in [6, 6.07) is 0. The highest BCUT2D eigenvalue weighted by Gasteiger charge is 2.35. The van der Waals surface area contributed by atoms with Gasteiger partial charge in [0.05, 0.1) is 0 Å². The molecule has 6 heteroatoms. The van der Waals surface area contributed by atoms with Crippen LogP contribution in [0.25, 0.3) is 0 Å². The molecule has 0 aliphatic carbocycles. The Kier molecular flexibility index (Phi) is 4.31. The van der Waals surface area contributed by atoms with Crippen LogP contribution in [-0.4, -0.2) is 56.3 Å². The van der Waals surface area contributed by atoms with Gasteiger partial charge in [0.1, 0.15) is 0 Å². The summed E-state index contributed by atoms with van der Waals surface area (Å²) in [5.74, 6) is 0. The third kappa shape index (κ3) is 3.23. The van der Waals surface area contributed by atoms with Crippen molar-refractivity contribution < 1.29 is 8.42 Å². The molecule has 0 aromatic rings. The van der Waals surface area contributed by atoms with Gasteiger partial charge >= 0.3 is 0 Å². The lowest BCUT2D eigenvalue weighted by molar-refractivity contribution is 0.187. The van der Waals surface area contributed by atoms with Crippen LogP contribution in [-0.2, 0) is 10.2 Å². The maximum Gasteiger partial charge on any atom is 0.282 e. The number of hydrogen-bond acceptors (Lipinski definition) is 3. The molecule has 106 valence electrons. The number of rotatable bonds is 2. The van der Waals surface area contributed by atoms with Gasteiger partial charge in [-0.2, -0.15) is 17.0 Å². The predicted octanol–water partition coefficient (Wildman–Crippen LogP) is 0.649. The monoisotopic (exact) mass is 275 g/mol. The first-order valence-corrected chi connectivity index (χ1v) is 8.27. The molecule has 2 rings (SSSR count). The number of nitrogens with one attached hydrogen (secondary N) is 1. The highest BCUT2D eigenvalue weighted by molar-refractivity contribution is 7.86. The molecule has 0 spiro atoms. The second kappa shape index (κ2) is 5.45. The normalized spacial score (nSPS) is 27.9. The van der Waals surface area contributed by atoms with Crippen LogP contribution in [0.5, 0.6) is 0 Å². The average molecular weight is 275 g/mol. The third-order valence-electron chi connectivity index (χ3n) is 4.03. The molecular weight excluding hydrogens is 250 g/mol. The Morgan fingerprint density at radius 3 is 2.22 bits per heavy atom. The molecule has 1 N–H and O–H groups in total. The number of nitrogens with zero attached hydrogens (tertiary/aromatic N) is 2. The minimum absolute atomic E-state index is 0.284. The first kappa shape index (κ1) is 14.2. The molecule has 0 unspecified atom stereocenters. The fourth-order valence-corrected chi connectivity index (χ4v) is 4.19. The lowest BCUT2D eigenvalue weighted by Crippen LogP contribution is -2.49. The molecule has 0 atom stereocenters. The summed E-state index contributed by atoms with van der Waals surface area (Å²) in [6.45, 7) is 8.69. The minimum atomic E-state index is -3.23. The van der Waals surface area contributed by atoms with Crippen molar-refractivity contribution in [2.24, 2.45) is 5.41 Å². The second-order valence-electron chi connectivity index (χ2n) is 6.07. The Morgan fingerprint density at radius 2 is 1.56 bits per heavy atom. The van der Waals surface area contributed by atoms with Crippen LogP contribution in [0.2, 0.25) is 0 Å². The molecule has 0 aromatic heterocycles. The van der Waals surface area contributed by atoms with Crippen LogP contribution in [0.15, 0.2) is 0 Å². The lowest BCUT2D eigenvalue weighted by atomic mass is 9.83. The molecule has 0 bridgehead atoms. The lowest BCUT2D eigenvalue weighted by Gasteiger charge is -2.38. The molecule has 2 heterocycles. The van der Waals surface area contributed by atoms with Gasteiger partial charge in [0, 0.05) is 32.7 Å². The molecular formula is C12H25N3O2S. The third-order valence-corrected chi connectivity index (χ3v) is 6.06. The van der Waals surface area contributed by atoms with Crippen molar-refractivity contribution >= 4 is 10.2 Å². The Bertz CT molecular complexity index is 363. The van der Waals surface area contributed by atoms with Gasteiger partial charge in [0.25, 0.3) is 10.2 Å². The van der Waals surface area contributed by atoms with E-state index in [1.807, 2.05) is 0 Å². The number of hydrogen-bond donors (Lipinski definition) is 1. The Morgan fingerprint density at radius 1 is 0.944 bits per heavy atom. The first-order valence-electron chi connectivity index (χ1n) is 6.88. The molecule has 0 amide bonds. The largest absolute Gasteiger partial charge is 0.315 e. The molecule has 0 saturated carbocycles. The van der Waals surface area contributed by atoms with E-state index in [0.29, 0.717) is 26.2 Å². The Hall–Kier alpha value is -0.170. The van der Waals surface area contributed by atoms with Gasteiger partial charge in [-0.3, -0.25) is 0 Å². The van der Waals surface area contributed by atoms with Crippen molar-refractivity contribution in [3.63, 3.8) is 0 Å². The van der Waals surface area contributed by atoms with E-state index in [2.05, 4.69) is 19.2 Å². The SMILES string of the molecule is CC1(C)CCN(S(=O)(=O)N2CCCNCC2)CC1. The van der Waals surface area contributed by atoms with E-state index in [1.54, 1.807) is 8.61 Å². The van der Waals surface area contributed by atoms with Crippen LogP contribution in [0.4, 0.5) is 0 Å². The first-order chi connectivity index (χ1) is 8.42. The van der Waals surface area contributed by atoms with Crippen molar-refractivity contribution in [3.8, 4) is 0 Å². The highest BCUT2D eigenvalue weighted by Crippen LogP contribution is 2.31. The van der Waals surface area contributed by atoms with Gasteiger partial charge in [0.15, 0.2) is 0 Å². The zero-order chi connectivity index (χ0) is 13.2. The smallest absolute Gasteiger partial charge is 0.282 e. The Labute approximate surface area is 111 Å². The van der Waals surface area contributed by atoms with E-state index in [4.69, 9.17) is 0 Å². The number of piperidine rings is 1. The molecule has 0 aromatic carbocycles. The summed E-state index contributed by atoms with van der Waals surface area (Å²) >= 11 is 0. The zero-order valence-corrected chi connectivity index (χ0v) is 12.3. The Balaban J connectivity index is 2.02. The van der Waals surface area contributed by atoms with Crippen LogP contribution in [0, 0.1) is 5.41 Å². The fourth-order valence-electron chi connectivity index (χ4n) is 2.54. The maximum atomic E-state index is 12.5. The van der Waals surface area contributed by atoms with Gasteiger partial charge in [-0.25, -0.2) is 0 Å². The summed E-state index contributed by atoms with van der Waals surface area (Å²) in [5.41, 5.74) is 0.284. The maximum absolute atomic E-state index is 12.5. The van der Waals surface area contributed by atoms with Gasteiger partial charge < -0.3 is 5.32 Å². The van der Waals surface area contributed by atoms with E-state index in [1.165, 1.54) is 0 Å². The summed E-state index contributed by atoms with van der Waals surface area (Å²) in [5, 5.41) is 3.24. The molecule has 2 fully saturated rings. The van der Waals surface area contributed by atoms with Crippen LogP contribution in [0.1, 0.15) is 33.1 Å². The molecule has 2 aliphatic rings.